The van der Waals surface area contributed by atoms with Crippen molar-refractivity contribution in [1.82, 2.24) is 9.88 Å². The topological polar surface area (TPSA) is 67.3 Å². The Balaban J connectivity index is 1.75. The van der Waals surface area contributed by atoms with E-state index in [4.69, 9.17) is 0 Å². The second-order valence-corrected chi connectivity index (χ2v) is 8.00. The number of amides is 1. The van der Waals surface area contributed by atoms with Gasteiger partial charge in [0.1, 0.15) is 0 Å². The van der Waals surface area contributed by atoms with E-state index in [-0.39, 0.29) is 23.5 Å². The molecule has 1 atom stereocenters. The normalized spacial score (nSPS) is 19.4. The van der Waals surface area contributed by atoms with Crippen LogP contribution in [-0.4, -0.2) is 48.8 Å². The molecule has 1 unspecified atom stereocenters. The summed E-state index contributed by atoms with van der Waals surface area (Å²) in [4.78, 5) is 18.3. The van der Waals surface area contributed by atoms with Crippen LogP contribution >= 0.6 is 0 Å². The van der Waals surface area contributed by atoms with Gasteiger partial charge < -0.3 is 4.90 Å². The van der Waals surface area contributed by atoms with Crippen LogP contribution in [0.15, 0.2) is 48.7 Å². The lowest BCUT2D eigenvalue weighted by atomic mass is 10.1. The number of aromatic nitrogens is 1. The minimum Gasteiger partial charge on any atom is -0.338 e. The first-order valence-electron chi connectivity index (χ1n) is 7.45. The molecule has 1 amide bonds. The molecule has 5 nitrogen and oxygen atoms in total. The molecule has 0 bridgehead atoms. The van der Waals surface area contributed by atoms with E-state index >= 15 is 0 Å². The zero-order valence-corrected chi connectivity index (χ0v) is 13.7. The largest absolute Gasteiger partial charge is 0.338 e. The molecule has 1 aromatic carbocycles. The molecule has 120 valence electrons. The number of hydrogen-bond donors (Lipinski definition) is 0. The maximum absolute atomic E-state index is 12.5. The van der Waals surface area contributed by atoms with Gasteiger partial charge in [-0.1, -0.05) is 30.3 Å². The number of carbonyl (C=O) groups excluding carboxylic acids is 1. The van der Waals surface area contributed by atoms with Crippen molar-refractivity contribution in [2.45, 2.75) is 12.5 Å². The molecule has 0 radical (unpaired) electrons. The molecule has 1 aliphatic rings. The zero-order valence-electron chi connectivity index (χ0n) is 12.8. The lowest BCUT2D eigenvalue weighted by Crippen LogP contribution is -2.37. The lowest BCUT2D eigenvalue weighted by molar-refractivity contribution is 0.0747. The predicted molar refractivity (Wildman–Crippen MR) is 88.8 cm³/mol. The van der Waals surface area contributed by atoms with Crippen molar-refractivity contribution in [1.29, 1.82) is 0 Å². The molecule has 2 aromatic rings. The second kappa shape index (κ2) is 6.12. The van der Waals surface area contributed by atoms with Crippen molar-refractivity contribution in [3.05, 3.63) is 54.2 Å². The second-order valence-electron chi connectivity index (χ2n) is 5.77. The smallest absolute Gasteiger partial charge is 0.255 e. The highest BCUT2D eigenvalue weighted by molar-refractivity contribution is 7.91. The molecule has 1 aliphatic heterocycles. The van der Waals surface area contributed by atoms with Crippen LogP contribution in [-0.2, 0) is 9.84 Å². The Morgan fingerprint density at radius 2 is 1.91 bits per heavy atom. The third-order valence-corrected chi connectivity index (χ3v) is 5.91. The first-order chi connectivity index (χ1) is 11.0. The van der Waals surface area contributed by atoms with Gasteiger partial charge in [-0.2, -0.15) is 0 Å². The van der Waals surface area contributed by atoms with E-state index < -0.39 is 9.84 Å². The molecule has 2 heterocycles. The Morgan fingerprint density at radius 1 is 1.17 bits per heavy atom. The number of hydrogen-bond acceptors (Lipinski definition) is 4. The molecule has 1 saturated heterocycles. The van der Waals surface area contributed by atoms with Crippen molar-refractivity contribution in [3.63, 3.8) is 0 Å². The van der Waals surface area contributed by atoms with E-state index in [0.717, 1.165) is 11.3 Å². The average Bonchev–Trinajstić information content (AvgIpc) is 2.94. The molecule has 0 saturated carbocycles. The van der Waals surface area contributed by atoms with Crippen LogP contribution in [0.1, 0.15) is 16.8 Å². The fourth-order valence-electron chi connectivity index (χ4n) is 2.75. The number of pyridine rings is 1. The first-order valence-corrected chi connectivity index (χ1v) is 9.27. The Labute approximate surface area is 135 Å². The fourth-order valence-corrected chi connectivity index (χ4v) is 4.52. The highest BCUT2D eigenvalue weighted by atomic mass is 32.2. The molecule has 0 N–H and O–H groups in total. The summed E-state index contributed by atoms with van der Waals surface area (Å²) in [6.07, 6.45) is 2.05. The van der Waals surface area contributed by atoms with Gasteiger partial charge in [-0.15, -0.1) is 0 Å². The van der Waals surface area contributed by atoms with Gasteiger partial charge in [0.2, 0.25) is 0 Å². The minimum atomic E-state index is -3.01. The molecule has 3 rings (SSSR count). The predicted octanol–water partition coefficient (Wildman–Crippen LogP) is 2.01. The third-order valence-electron chi connectivity index (χ3n) is 4.16. The van der Waals surface area contributed by atoms with Gasteiger partial charge in [0.15, 0.2) is 9.84 Å². The van der Waals surface area contributed by atoms with Crippen molar-refractivity contribution >= 4 is 15.7 Å². The van der Waals surface area contributed by atoms with Gasteiger partial charge in [0, 0.05) is 24.8 Å². The minimum absolute atomic E-state index is 0.0464. The molecule has 1 aromatic heterocycles. The van der Waals surface area contributed by atoms with E-state index in [1.165, 1.54) is 4.90 Å². The molecule has 0 spiro atoms. The molecule has 23 heavy (non-hydrogen) atoms. The Hall–Kier alpha value is -2.21. The standard InChI is InChI=1S/C17H18N2O3S/c1-19(15-9-10-23(21,22)12-15)17(20)14-7-8-16(18-11-14)13-5-3-2-4-6-13/h2-8,11,15H,9-10,12H2,1H3. The fraction of sp³-hybridized carbons (Fsp3) is 0.294. The van der Waals surface area contributed by atoms with Crippen LogP contribution in [0.4, 0.5) is 0 Å². The first kappa shape index (κ1) is 15.7. The maximum Gasteiger partial charge on any atom is 0.255 e. The van der Waals surface area contributed by atoms with Gasteiger partial charge in [-0.3, -0.25) is 9.78 Å². The molecular formula is C17H18N2O3S. The van der Waals surface area contributed by atoms with Crippen molar-refractivity contribution in [3.8, 4) is 11.3 Å². The van der Waals surface area contributed by atoms with E-state index in [2.05, 4.69) is 4.98 Å². The summed E-state index contributed by atoms with van der Waals surface area (Å²) in [5.41, 5.74) is 2.26. The Bertz CT molecular complexity index is 801. The van der Waals surface area contributed by atoms with E-state index in [1.54, 1.807) is 19.3 Å². The Morgan fingerprint density at radius 3 is 2.48 bits per heavy atom. The SMILES string of the molecule is CN(C(=O)c1ccc(-c2ccccc2)nc1)C1CCS(=O)(=O)C1. The highest BCUT2D eigenvalue weighted by Crippen LogP contribution is 2.20. The summed E-state index contributed by atoms with van der Waals surface area (Å²) < 4.78 is 23.1. The van der Waals surface area contributed by atoms with E-state index in [1.807, 2.05) is 36.4 Å². The number of carbonyl (C=O) groups is 1. The highest BCUT2D eigenvalue weighted by Gasteiger charge is 2.33. The van der Waals surface area contributed by atoms with Crippen molar-refractivity contribution < 1.29 is 13.2 Å². The number of sulfone groups is 1. The number of rotatable bonds is 3. The van der Waals surface area contributed by atoms with E-state index in [9.17, 15) is 13.2 Å². The van der Waals surface area contributed by atoms with Crippen LogP contribution in [0.3, 0.4) is 0 Å². The van der Waals surface area contributed by atoms with Gasteiger partial charge in [0.05, 0.1) is 22.8 Å². The molecule has 0 aliphatic carbocycles. The van der Waals surface area contributed by atoms with Gasteiger partial charge >= 0.3 is 0 Å². The van der Waals surface area contributed by atoms with Crippen LogP contribution in [0.5, 0.6) is 0 Å². The average molecular weight is 330 g/mol. The van der Waals surface area contributed by atoms with Crippen molar-refractivity contribution in [2.75, 3.05) is 18.6 Å². The summed E-state index contributed by atoms with van der Waals surface area (Å²) in [6.45, 7) is 0. The quantitative estimate of drug-likeness (QED) is 0.863. The maximum atomic E-state index is 12.5. The van der Waals surface area contributed by atoms with Crippen LogP contribution < -0.4 is 0 Å². The summed E-state index contributed by atoms with van der Waals surface area (Å²) in [6, 6.07) is 13.0. The molecule has 1 fully saturated rings. The van der Waals surface area contributed by atoms with E-state index in [0.29, 0.717) is 12.0 Å². The van der Waals surface area contributed by atoms with Crippen LogP contribution in [0, 0.1) is 0 Å². The zero-order chi connectivity index (χ0) is 16.4. The summed E-state index contributed by atoms with van der Waals surface area (Å²) in [5.74, 6) is 0.00448. The Kier molecular flexibility index (Phi) is 4.17. The van der Waals surface area contributed by atoms with Crippen LogP contribution in [0.25, 0.3) is 11.3 Å². The number of nitrogens with zero attached hydrogens (tertiary/aromatic N) is 2. The number of benzene rings is 1. The third kappa shape index (κ3) is 3.42. The monoisotopic (exact) mass is 330 g/mol. The molecular weight excluding hydrogens is 312 g/mol. The van der Waals surface area contributed by atoms with Crippen LogP contribution in [0.2, 0.25) is 0 Å². The van der Waals surface area contributed by atoms with Gasteiger partial charge in [0.25, 0.3) is 5.91 Å². The summed E-state index contributed by atoms with van der Waals surface area (Å²) >= 11 is 0. The van der Waals surface area contributed by atoms with Crippen molar-refractivity contribution in [2.24, 2.45) is 0 Å². The summed E-state index contributed by atoms with van der Waals surface area (Å²) in [7, 11) is -1.36. The lowest BCUT2D eigenvalue weighted by Gasteiger charge is -2.23. The molecule has 6 heteroatoms. The van der Waals surface area contributed by atoms with Gasteiger partial charge in [-0.25, -0.2) is 8.42 Å². The van der Waals surface area contributed by atoms with Gasteiger partial charge in [-0.05, 0) is 18.6 Å². The summed E-state index contributed by atoms with van der Waals surface area (Å²) in [5, 5.41) is 0.